The van der Waals surface area contributed by atoms with Gasteiger partial charge in [-0.2, -0.15) is 0 Å². The Bertz CT molecular complexity index is 3390. The minimum atomic E-state index is -0.0865. The number of hydrogen-bond donors (Lipinski definition) is 0. The number of benzene rings is 6. The van der Waals surface area contributed by atoms with Crippen molar-refractivity contribution in [3.05, 3.63) is 144 Å². The third-order valence-corrected chi connectivity index (χ3v) is 18.6. The van der Waals surface area contributed by atoms with Crippen molar-refractivity contribution in [2.75, 3.05) is 0 Å². The van der Waals surface area contributed by atoms with Crippen LogP contribution in [0.25, 0.3) is 83.6 Å². The first kappa shape index (κ1) is 39.9. The quantitative estimate of drug-likeness (QED) is 0.167. The molecule has 3 aromatic heterocycles. The highest BCUT2D eigenvalue weighted by Crippen LogP contribution is 2.63. The molecule has 8 aliphatic carbocycles. The van der Waals surface area contributed by atoms with Crippen LogP contribution < -0.4 is 0 Å². The van der Waals surface area contributed by atoms with Crippen molar-refractivity contribution in [1.29, 1.82) is 0 Å². The van der Waals surface area contributed by atoms with Gasteiger partial charge in [0.05, 0.1) is 16.7 Å². The average Bonchev–Trinajstić information content (AvgIpc) is 3.88. The third-order valence-electron chi connectivity index (χ3n) is 18.6. The Morgan fingerprint density at radius 3 is 1.43 bits per heavy atom. The van der Waals surface area contributed by atoms with Crippen LogP contribution in [-0.2, 0) is 16.2 Å². The van der Waals surface area contributed by atoms with Gasteiger partial charge < -0.3 is 8.98 Å². The van der Waals surface area contributed by atoms with E-state index >= 15 is 0 Å². The Kier molecular flexibility index (Phi) is 8.36. The Morgan fingerprint density at radius 2 is 0.897 bits per heavy atom. The van der Waals surface area contributed by atoms with E-state index in [0.717, 1.165) is 74.6 Å². The third kappa shape index (κ3) is 6.02. The lowest BCUT2D eigenvalue weighted by Crippen LogP contribution is -2.48. The van der Waals surface area contributed by atoms with Gasteiger partial charge in [0, 0.05) is 43.8 Å². The number of aromatic nitrogens is 4. The lowest BCUT2D eigenvalue weighted by Gasteiger charge is -2.57. The van der Waals surface area contributed by atoms with Crippen LogP contribution in [0.1, 0.15) is 115 Å². The van der Waals surface area contributed by atoms with Crippen molar-refractivity contribution in [3.8, 4) is 39.9 Å². The van der Waals surface area contributed by atoms with Crippen LogP contribution in [0.3, 0.4) is 0 Å². The molecule has 0 N–H and O–H groups in total. The fourth-order valence-electron chi connectivity index (χ4n) is 16.5. The molecule has 8 saturated carbocycles. The summed E-state index contributed by atoms with van der Waals surface area (Å²) in [6.07, 6.45) is 16.7. The smallest absolute Gasteiger partial charge is 0.164 e. The largest absolute Gasteiger partial charge is 0.454 e. The molecule has 5 heteroatoms. The van der Waals surface area contributed by atoms with E-state index in [1.165, 1.54) is 110 Å². The summed E-state index contributed by atoms with van der Waals surface area (Å²) in [7, 11) is 0. The average molecular weight is 889 g/mol. The molecule has 0 spiro atoms. The van der Waals surface area contributed by atoms with E-state index in [4.69, 9.17) is 19.4 Å². The predicted octanol–water partition coefficient (Wildman–Crippen LogP) is 16.1. The van der Waals surface area contributed by atoms with Crippen LogP contribution in [0.2, 0.25) is 0 Å². The number of furan rings is 1. The zero-order valence-corrected chi connectivity index (χ0v) is 39.8. The first-order chi connectivity index (χ1) is 33.1. The summed E-state index contributed by atoms with van der Waals surface area (Å²) in [4.78, 5) is 15.5. The lowest BCUT2D eigenvalue weighted by molar-refractivity contribution is -0.00530. The molecule has 5 nitrogen and oxygen atoms in total. The maximum atomic E-state index is 7.60. The second kappa shape index (κ2) is 14.2. The van der Waals surface area contributed by atoms with E-state index in [1.54, 1.807) is 11.1 Å². The summed E-state index contributed by atoms with van der Waals surface area (Å²) >= 11 is 0. The molecule has 338 valence electrons. The van der Waals surface area contributed by atoms with Crippen LogP contribution in [0.4, 0.5) is 0 Å². The molecule has 0 amide bonds. The summed E-state index contributed by atoms with van der Waals surface area (Å²) in [6, 6.07) is 47.0. The van der Waals surface area contributed by atoms with E-state index in [1.807, 2.05) is 12.1 Å². The molecule has 0 unspecified atom stereocenters. The van der Waals surface area contributed by atoms with Gasteiger partial charge >= 0.3 is 0 Å². The zero-order valence-electron chi connectivity index (χ0n) is 39.8. The zero-order chi connectivity index (χ0) is 45.1. The Labute approximate surface area is 399 Å². The van der Waals surface area contributed by atoms with Gasteiger partial charge in [-0.25, -0.2) is 15.0 Å². The number of hydrogen-bond acceptors (Lipinski definition) is 4. The number of rotatable bonds is 6. The molecule has 3 heterocycles. The van der Waals surface area contributed by atoms with Crippen LogP contribution in [0, 0.1) is 35.5 Å². The standard InChI is InChI=1S/C63H60N4O/c1-61(2,3)52-29-46(62-31-37-20-38(32-62)22-39(21-37)33-62)27-50-51-28-47(63-34-40-23-41(35-63)25-42(24-40)36-63)30-55(57(51)68-56(50)52)67-53-17-11-10-16-48(53)49-19-18-45(26-54(49)67)60-65-58(43-12-6-4-7-13-43)64-59(66-60)44-14-8-5-9-15-44/h4-19,26-30,37-42H,20-25,31-36H2,1-3H3. The van der Waals surface area contributed by atoms with E-state index in [0.29, 0.717) is 17.5 Å². The fourth-order valence-corrected chi connectivity index (χ4v) is 16.5. The van der Waals surface area contributed by atoms with Gasteiger partial charge in [0.1, 0.15) is 5.58 Å². The summed E-state index contributed by atoms with van der Waals surface area (Å²) in [5, 5.41) is 5.09. The van der Waals surface area contributed by atoms with Gasteiger partial charge in [0.15, 0.2) is 23.1 Å². The maximum Gasteiger partial charge on any atom is 0.164 e. The molecule has 8 aliphatic rings. The number of para-hydroxylation sites is 1. The monoisotopic (exact) mass is 888 g/mol. The number of nitrogens with zero attached hydrogens (tertiary/aromatic N) is 4. The summed E-state index contributed by atoms with van der Waals surface area (Å²) in [6.45, 7) is 7.22. The lowest BCUT2D eigenvalue weighted by atomic mass is 9.48. The van der Waals surface area contributed by atoms with E-state index in [-0.39, 0.29) is 16.2 Å². The van der Waals surface area contributed by atoms with Gasteiger partial charge in [-0.05, 0) is 170 Å². The van der Waals surface area contributed by atoms with Gasteiger partial charge in [0.25, 0.3) is 0 Å². The first-order valence-electron chi connectivity index (χ1n) is 26.1. The Hall–Kier alpha value is -6.07. The highest BCUT2D eigenvalue weighted by atomic mass is 16.3. The van der Waals surface area contributed by atoms with Gasteiger partial charge in [-0.15, -0.1) is 0 Å². The van der Waals surface area contributed by atoms with Gasteiger partial charge in [0.2, 0.25) is 0 Å². The summed E-state index contributed by atoms with van der Waals surface area (Å²) < 4.78 is 10.2. The molecular formula is C63H60N4O. The van der Waals surface area contributed by atoms with E-state index in [9.17, 15) is 0 Å². The van der Waals surface area contributed by atoms with Gasteiger partial charge in [-0.3, -0.25) is 0 Å². The SMILES string of the molecule is CC(C)(C)c1cc(C23CC4CC(CC(C4)C2)C3)cc2c1oc1c(-n3c4ccccc4c4ccc(-c5nc(-c6ccccc6)nc(-c6ccccc6)n5)cc43)cc(C34CC5CC(CC(C5)C3)C4)cc12. The molecule has 68 heavy (non-hydrogen) atoms. The highest BCUT2D eigenvalue weighted by molar-refractivity contribution is 6.14. The van der Waals surface area contributed by atoms with Crippen molar-refractivity contribution < 1.29 is 4.42 Å². The predicted molar refractivity (Wildman–Crippen MR) is 276 cm³/mol. The van der Waals surface area contributed by atoms with Crippen LogP contribution >= 0.6 is 0 Å². The molecule has 0 atom stereocenters. The Morgan fingerprint density at radius 1 is 0.441 bits per heavy atom. The van der Waals surface area contributed by atoms with Gasteiger partial charge in [-0.1, -0.05) is 118 Å². The van der Waals surface area contributed by atoms with Crippen LogP contribution in [0.5, 0.6) is 0 Å². The first-order valence-corrected chi connectivity index (χ1v) is 26.1. The molecule has 9 aromatic rings. The topological polar surface area (TPSA) is 56.7 Å². The minimum Gasteiger partial charge on any atom is -0.454 e. The minimum absolute atomic E-state index is 0.0865. The van der Waals surface area contributed by atoms with Crippen molar-refractivity contribution in [1.82, 2.24) is 19.5 Å². The molecule has 6 aromatic carbocycles. The molecule has 8 bridgehead atoms. The fraction of sp³-hybridized carbons (Fsp3) is 0.381. The highest BCUT2D eigenvalue weighted by Gasteiger charge is 2.53. The summed E-state index contributed by atoms with van der Waals surface area (Å²) in [5.74, 6) is 7.20. The second-order valence-electron chi connectivity index (χ2n) is 24.1. The summed E-state index contributed by atoms with van der Waals surface area (Å²) in [5.41, 5.74) is 13.4. The molecule has 0 radical (unpaired) electrons. The molecule has 0 aliphatic heterocycles. The molecule has 0 saturated heterocycles. The van der Waals surface area contributed by atoms with Crippen molar-refractivity contribution in [2.45, 2.75) is 114 Å². The van der Waals surface area contributed by atoms with E-state index in [2.05, 4.69) is 141 Å². The van der Waals surface area contributed by atoms with Crippen molar-refractivity contribution >= 4 is 43.7 Å². The Balaban J connectivity index is 1.00. The molecule has 8 fully saturated rings. The second-order valence-corrected chi connectivity index (χ2v) is 24.1. The van der Waals surface area contributed by atoms with E-state index < -0.39 is 0 Å². The van der Waals surface area contributed by atoms with Crippen LogP contribution in [0.15, 0.2) is 132 Å². The van der Waals surface area contributed by atoms with Crippen LogP contribution in [-0.4, -0.2) is 19.5 Å². The normalized spacial score (nSPS) is 28.2. The molecule has 17 rings (SSSR count). The van der Waals surface area contributed by atoms with Crippen molar-refractivity contribution in [3.63, 3.8) is 0 Å². The maximum absolute atomic E-state index is 7.60. The van der Waals surface area contributed by atoms with Crippen molar-refractivity contribution in [2.24, 2.45) is 35.5 Å². The molecular weight excluding hydrogens is 829 g/mol. The number of fused-ring (bicyclic) bond motifs is 6.